The van der Waals surface area contributed by atoms with Gasteiger partial charge in [0.05, 0.1) is 0 Å². The van der Waals surface area contributed by atoms with Crippen LogP contribution in [0.3, 0.4) is 0 Å². The Morgan fingerprint density at radius 2 is 1.62 bits per heavy atom. The van der Waals surface area contributed by atoms with Crippen molar-refractivity contribution in [3.8, 4) is 5.75 Å². The Morgan fingerprint density at radius 3 is 2.04 bits per heavy atom. The number of aromatic carboxylic acids is 1. The Morgan fingerprint density at radius 1 is 1.12 bits per heavy atom. The second-order valence-electron chi connectivity index (χ2n) is 4.47. The van der Waals surface area contributed by atoms with Crippen LogP contribution in [-0.4, -0.2) is 42.2 Å². The Balaban J connectivity index is 3.45. The molecule has 0 atom stereocenters. The van der Waals surface area contributed by atoms with E-state index < -0.39 is 50.3 Å². The van der Waals surface area contributed by atoms with Crippen LogP contribution in [0.4, 0.5) is 0 Å². The Bertz CT molecular complexity index is 822. The fourth-order valence-electron chi connectivity index (χ4n) is 1.63. The highest BCUT2D eigenvalue weighted by Gasteiger charge is 2.54. The van der Waals surface area contributed by atoms with Crippen LogP contribution in [0, 0.1) is 0 Å². The molecule has 1 aromatic rings. The molecule has 140 valence electrons. The van der Waals surface area contributed by atoms with Crippen LogP contribution >= 0.6 is 0 Å². The van der Waals surface area contributed by atoms with Crippen LogP contribution in [0.2, 0.25) is 0 Å². The predicted molar refractivity (Wildman–Crippen MR) is 86.3 cm³/mol. The van der Waals surface area contributed by atoms with Gasteiger partial charge in [-0.2, -0.15) is 0 Å². The zero-order valence-corrected chi connectivity index (χ0v) is 14.5. The number of hydrogen-bond donors (Lipinski definition) is 1. The third-order valence-corrected chi connectivity index (χ3v) is 4.31. The number of nitrogens with zero attached hydrogens (tertiary/aromatic N) is 1. The van der Waals surface area contributed by atoms with Gasteiger partial charge in [0, 0.05) is 12.2 Å². The van der Waals surface area contributed by atoms with E-state index in [2.05, 4.69) is 22.8 Å². The highest BCUT2D eigenvalue weighted by atomic mass is 32.2. The smallest absolute Gasteiger partial charge is 0.478 e. The van der Waals surface area contributed by atoms with E-state index in [9.17, 15) is 22.8 Å². The van der Waals surface area contributed by atoms with E-state index in [1.54, 1.807) is 0 Å². The van der Waals surface area contributed by atoms with E-state index >= 15 is 0 Å². The average Bonchev–Trinajstić information content (AvgIpc) is 2.60. The number of carboxylic acids is 1. The second-order valence-corrected chi connectivity index (χ2v) is 6.05. The first-order chi connectivity index (χ1) is 12.1. The molecule has 0 aliphatic rings. The predicted octanol–water partition coefficient (Wildman–Crippen LogP) is 1.13. The molecule has 10 nitrogen and oxygen atoms in total. The maximum absolute atomic E-state index is 12.7. The van der Waals surface area contributed by atoms with Gasteiger partial charge in [0.25, 0.3) is 0 Å². The van der Waals surface area contributed by atoms with Crippen molar-refractivity contribution in [3.63, 3.8) is 0 Å². The van der Waals surface area contributed by atoms with Gasteiger partial charge in [-0.05, 0) is 19.1 Å². The lowest BCUT2D eigenvalue weighted by atomic mass is 10.2. The highest BCUT2D eigenvalue weighted by molar-refractivity contribution is 7.81. The van der Waals surface area contributed by atoms with Crippen LogP contribution < -0.4 is 4.18 Å². The SMILES string of the molecule is C=CC(=O)O[N+](CC)(OC(=O)C=C)S(=O)(=O)Oc1ccccc1C(=O)O. The third kappa shape index (κ3) is 4.46. The minimum Gasteiger partial charge on any atom is -0.478 e. The molecule has 0 radical (unpaired) electrons. The number of benzene rings is 1. The summed E-state index contributed by atoms with van der Waals surface area (Å²) < 4.78 is 28.1. The van der Waals surface area contributed by atoms with Gasteiger partial charge in [-0.15, -0.1) is 8.42 Å². The van der Waals surface area contributed by atoms with Crippen molar-refractivity contribution in [3.05, 3.63) is 55.1 Å². The molecule has 1 N–H and O–H groups in total. The van der Waals surface area contributed by atoms with Gasteiger partial charge in [0.2, 0.25) is 0 Å². The van der Waals surface area contributed by atoms with Crippen molar-refractivity contribution in [2.24, 2.45) is 0 Å². The molecule has 11 heteroatoms. The van der Waals surface area contributed by atoms with Crippen molar-refractivity contribution in [2.45, 2.75) is 6.92 Å². The number of rotatable bonds is 9. The molecule has 0 bridgehead atoms. The maximum atomic E-state index is 12.7. The van der Waals surface area contributed by atoms with E-state index in [1.807, 2.05) is 0 Å². The maximum Gasteiger partial charge on any atom is 0.569 e. The number of quaternary nitrogens is 1. The summed E-state index contributed by atoms with van der Waals surface area (Å²) in [6, 6.07) is 4.83. The zero-order chi connectivity index (χ0) is 20.0. The molecule has 0 unspecified atom stereocenters. The standard InChI is InChI=1S/C15H15NO9S/c1-4-13(17)23-16(6-3,24-14(18)5-2)26(21,22)25-12-10-8-7-9-11(12)15(19)20/h4-5,7-10H,1-2,6H2,3H3/p+1. The average molecular weight is 386 g/mol. The topological polar surface area (TPSA) is 133 Å². The van der Waals surface area contributed by atoms with Crippen molar-refractivity contribution >= 4 is 28.2 Å². The number of carboxylic acid groups (broad SMARTS) is 1. The molecule has 0 saturated heterocycles. The lowest BCUT2D eigenvalue weighted by molar-refractivity contribution is -1.13. The first kappa shape index (κ1) is 20.9. The molecule has 26 heavy (non-hydrogen) atoms. The second kappa shape index (κ2) is 8.27. The Hall–Kier alpha value is -3.18. The van der Waals surface area contributed by atoms with E-state index in [1.165, 1.54) is 19.1 Å². The van der Waals surface area contributed by atoms with Crippen LogP contribution in [-0.2, 0) is 29.6 Å². The summed E-state index contributed by atoms with van der Waals surface area (Å²) in [6.45, 7) is 6.85. The van der Waals surface area contributed by atoms with Crippen molar-refractivity contribution in [1.82, 2.24) is 0 Å². The molecule has 0 aliphatic heterocycles. The van der Waals surface area contributed by atoms with Gasteiger partial charge in [0.1, 0.15) is 5.56 Å². The summed E-state index contributed by atoms with van der Waals surface area (Å²) in [5, 5.41) is 9.11. The van der Waals surface area contributed by atoms with Crippen molar-refractivity contribution in [2.75, 3.05) is 6.54 Å². The molecule has 0 saturated carbocycles. The summed E-state index contributed by atoms with van der Waals surface area (Å²) in [5.74, 6) is -4.50. The summed E-state index contributed by atoms with van der Waals surface area (Å²) >= 11 is 0. The van der Waals surface area contributed by atoms with Crippen molar-refractivity contribution < 1.29 is 46.0 Å². The fraction of sp³-hybridized carbons (Fsp3) is 0.133. The number of carbonyl (C=O) groups is 3. The minimum atomic E-state index is -5.06. The van der Waals surface area contributed by atoms with Crippen molar-refractivity contribution in [1.29, 1.82) is 0 Å². The lowest BCUT2D eigenvalue weighted by Gasteiger charge is -2.26. The van der Waals surface area contributed by atoms with Crippen LogP contribution in [0.15, 0.2) is 49.6 Å². The van der Waals surface area contributed by atoms with E-state index in [4.69, 9.17) is 9.29 Å². The van der Waals surface area contributed by atoms with Crippen LogP contribution in [0.1, 0.15) is 17.3 Å². The van der Waals surface area contributed by atoms with Gasteiger partial charge in [-0.1, -0.05) is 25.3 Å². The molecule has 1 rings (SSSR count). The molecular weight excluding hydrogens is 370 g/mol. The fourth-order valence-corrected chi connectivity index (χ4v) is 2.76. The van der Waals surface area contributed by atoms with Gasteiger partial charge in [-0.25, -0.2) is 24.1 Å². The molecule has 0 aliphatic carbocycles. The van der Waals surface area contributed by atoms with Gasteiger partial charge >= 0.3 is 28.2 Å². The molecule has 0 aromatic heterocycles. The highest BCUT2D eigenvalue weighted by Crippen LogP contribution is 2.26. The summed E-state index contributed by atoms with van der Waals surface area (Å²) in [6.07, 6.45) is 1.29. The molecule has 0 heterocycles. The first-order valence-electron chi connectivity index (χ1n) is 6.99. The Kier molecular flexibility index (Phi) is 6.64. The lowest BCUT2D eigenvalue weighted by Crippen LogP contribution is -2.56. The van der Waals surface area contributed by atoms with Crippen LogP contribution in [0.25, 0.3) is 0 Å². The molecule has 1 aromatic carbocycles. The number of hydroxylamine groups is 2. The van der Waals surface area contributed by atoms with Gasteiger partial charge in [0.15, 0.2) is 16.5 Å². The molecular formula is C15H16NO9S+. The summed E-state index contributed by atoms with van der Waals surface area (Å²) in [5.41, 5.74) is -0.477. The molecule has 0 amide bonds. The molecule has 0 spiro atoms. The summed E-state index contributed by atoms with van der Waals surface area (Å²) in [4.78, 5) is 43.6. The third-order valence-electron chi connectivity index (χ3n) is 2.83. The zero-order valence-electron chi connectivity index (χ0n) is 13.7. The molecule has 0 fully saturated rings. The van der Waals surface area contributed by atoms with E-state index in [-0.39, 0.29) is 0 Å². The van der Waals surface area contributed by atoms with Gasteiger partial charge in [-0.3, -0.25) is 0 Å². The quantitative estimate of drug-likeness (QED) is 0.376. The largest absolute Gasteiger partial charge is 0.569 e. The van der Waals surface area contributed by atoms with Gasteiger partial charge < -0.3 is 9.29 Å². The summed E-state index contributed by atoms with van der Waals surface area (Å²) in [7, 11) is -5.06. The Labute approximate surface area is 149 Å². The normalized spacial score (nSPS) is 11.1. The van der Waals surface area contributed by atoms with E-state index in [0.29, 0.717) is 12.2 Å². The minimum absolute atomic E-state index is 0.477. The van der Waals surface area contributed by atoms with E-state index in [0.717, 1.165) is 12.1 Å². The number of hydrogen-bond acceptors (Lipinski definition) is 8. The van der Waals surface area contributed by atoms with Crippen LogP contribution in [0.5, 0.6) is 5.75 Å². The number of carbonyl (C=O) groups excluding carboxylic acids is 2. The number of para-hydroxylation sites is 1. The first-order valence-corrected chi connectivity index (χ1v) is 8.36. The monoisotopic (exact) mass is 386 g/mol.